The molecule has 0 bridgehead atoms. The predicted octanol–water partition coefficient (Wildman–Crippen LogP) is 5.09. The molecule has 0 heterocycles. The van der Waals surface area contributed by atoms with Crippen LogP contribution in [0.4, 0.5) is 4.39 Å². The van der Waals surface area contributed by atoms with E-state index in [-0.39, 0.29) is 17.5 Å². The minimum Gasteiger partial charge on any atom is -0.294 e. The summed E-state index contributed by atoms with van der Waals surface area (Å²) >= 11 is 0. The summed E-state index contributed by atoms with van der Waals surface area (Å²) in [4.78, 5) is 12.6. The van der Waals surface area contributed by atoms with Gasteiger partial charge < -0.3 is 0 Å². The van der Waals surface area contributed by atoms with Gasteiger partial charge in [-0.15, -0.1) is 0 Å². The molecule has 1 aromatic rings. The van der Waals surface area contributed by atoms with Crippen molar-refractivity contribution in [3.63, 3.8) is 0 Å². The zero-order valence-corrected chi connectivity index (χ0v) is 13.0. The molecule has 0 unspecified atom stereocenters. The Balaban J connectivity index is 2.14. The minimum absolute atomic E-state index is 0.0147. The van der Waals surface area contributed by atoms with Crippen LogP contribution in [0.2, 0.25) is 0 Å². The molecule has 0 aliphatic heterocycles. The predicted molar refractivity (Wildman–Crippen MR) is 80.5 cm³/mol. The molecular weight excluding hydrogens is 251 g/mol. The van der Waals surface area contributed by atoms with E-state index in [2.05, 4.69) is 13.8 Å². The third-order valence-corrected chi connectivity index (χ3v) is 4.76. The van der Waals surface area contributed by atoms with E-state index in [9.17, 15) is 9.18 Å². The number of benzene rings is 1. The molecule has 1 aliphatic rings. The van der Waals surface area contributed by atoms with Crippen molar-refractivity contribution < 1.29 is 9.18 Å². The summed E-state index contributed by atoms with van der Waals surface area (Å²) in [6.07, 6.45) is 4.02. The van der Waals surface area contributed by atoms with Crippen LogP contribution in [0, 0.1) is 37.4 Å². The fraction of sp³-hybridized carbons (Fsp3) is 0.611. The van der Waals surface area contributed by atoms with Gasteiger partial charge in [-0.05, 0) is 68.6 Å². The first-order valence-corrected chi connectivity index (χ1v) is 7.71. The number of carbonyl (C=O) groups is 1. The molecule has 0 radical (unpaired) electrons. The fourth-order valence-corrected chi connectivity index (χ4v) is 3.48. The first kappa shape index (κ1) is 15.2. The second-order valence-electron chi connectivity index (χ2n) is 6.66. The first-order chi connectivity index (χ1) is 9.40. The Kier molecular flexibility index (Phi) is 4.62. The van der Waals surface area contributed by atoms with Crippen LogP contribution in [0.5, 0.6) is 0 Å². The summed E-state index contributed by atoms with van der Waals surface area (Å²) in [5, 5.41) is 0. The molecule has 1 saturated carbocycles. The Labute approximate surface area is 121 Å². The molecule has 2 heteroatoms. The van der Waals surface area contributed by atoms with Crippen molar-refractivity contribution in [2.24, 2.45) is 17.8 Å². The quantitative estimate of drug-likeness (QED) is 0.703. The highest BCUT2D eigenvalue weighted by atomic mass is 19.1. The number of rotatable bonds is 3. The zero-order valence-electron chi connectivity index (χ0n) is 13.0. The SMILES string of the molecule is Cc1cc(C)c(C(=O)C2CCC(C(C)C)CC2)c(F)c1. The van der Waals surface area contributed by atoms with Crippen molar-refractivity contribution in [1.29, 1.82) is 0 Å². The van der Waals surface area contributed by atoms with Gasteiger partial charge in [0, 0.05) is 5.92 Å². The Morgan fingerprint density at radius 1 is 1.15 bits per heavy atom. The van der Waals surface area contributed by atoms with Gasteiger partial charge in [-0.25, -0.2) is 4.39 Å². The van der Waals surface area contributed by atoms with Crippen LogP contribution in [-0.2, 0) is 0 Å². The minimum atomic E-state index is -0.349. The highest BCUT2D eigenvalue weighted by molar-refractivity contribution is 5.99. The molecule has 0 atom stereocenters. The van der Waals surface area contributed by atoms with Gasteiger partial charge in [0.1, 0.15) is 5.82 Å². The van der Waals surface area contributed by atoms with E-state index in [1.165, 1.54) is 6.07 Å². The van der Waals surface area contributed by atoms with Gasteiger partial charge >= 0.3 is 0 Å². The fourth-order valence-electron chi connectivity index (χ4n) is 3.48. The average molecular weight is 276 g/mol. The molecule has 1 nitrogen and oxygen atoms in total. The number of halogens is 1. The summed E-state index contributed by atoms with van der Waals surface area (Å²) in [5.41, 5.74) is 1.97. The summed E-state index contributed by atoms with van der Waals surface area (Å²) in [5.74, 6) is 1.09. The van der Waals surface area contributed by atoms with Crippen LogP contribution < -0.4 is 0 Å². The largest absolute Gasteiger partial charge is 0.294 e. The molecule has 0 aromatic heterocycles. The Morgan fingerprint density at radius 2 is 1.75 bits per heavy atom. The first-order valence-electron chi connectivity index (χ1n) is 7.71. The second-order valence-corrected chi connectivity index (χ2v) is 6.66. The molecule has 0 spiro atoms. The van der Waals surface area contributed by atoms with Crippen LogP contribution in [0.15, 0.2) is 12.1 Å². The van der Waals surface area contributed by atoms with Crippen LogP contribution in [0.25, 0.3) is 0 Å². The van der Waals surface area contributed by atoms with E-state index in [4.69, 9.17) is 0 Å². The van der Waals surface area contributed by atoms with E-state index in [0.29, 0.717) is 11.5 Å². The maximum absolute atomic E-state index is 14.1. The summed E-state index contributed by atoms with van der Waals surface area (Å²) in [7, 11) is 0. The lowest BCUT2D eigenvalue weighted by Crippen LogP contribution is -2.25. The maximum atomic E-state index is 14.1. The molecule has 0 N–H and O–H groups in total. The van der Waals surface area contributed by atoms with Crippen molar-refractivity contribution >= 4 is 5.78 Å². The van der Waals surface area contributed by atoms with Gasteiger partial charge in [0.25, 0.3) is 0 Å². The van der Waals surface area contributed by atoms with Crippen molar-refractivity contribution in [1.82, 2.24) is 0 Å². The molecule has 20 heavy (non-hydrogen) atoms. The lowest BCUT2D eigenvalue weighted by atomic mass is 9.74. The van der Waals surface area contributed by atoms with Crippen molar-refractivity contribution in [3.05, 3.63) is 34.6 Å². The number of Topliss-reactive ketones (excluding diaryl/α,β-unsaturated/α-hetero) is 1. The monoisotopic (exact) mass is 276 g/mol. The molecule has 1 aromatic carbocycles. The topological polar surface area (TPSA) is 17.1 Å². The van der Waals surface area contributed by atoms with Crippen molar-refractivity contribution in [2.45, 2.75) is 53.4 Å². The molecule has 1 fully saturated rings. The van der Waals surface area contributed by atoms with Crippen LogP contribution >= 0.6 is 0 Å². The van der Waals surface area contributed by atoms with Gasteiger partial charge in [0.15, 0.2) is 5.78 Å². The van der Waals surface area contributed by atoms with Gasteiger partial charge in [-0.1, -0.05) is 19.9 Å². The summed E-state index contributed by atoms with van der Waals surface area (Å²) in [6, 6.07) is 3.37. The van der Waals surface area contributed by atoms with Gasteiger partial charge in [0.2, 0.25) is 0 Å². The summed E-state index contributed by atoms with van der Waals surface area (Å²) in [6.45, 7) is 8.19. The lowest BCUT2D eigenvalue weighted by molar-refractivity contribution is 0.0854. The Bertz CT molecular complexity index is 473. The van der Waals surface area contributed by atoms with E-state index < -0.39 is 0 Å². The smallest absolute Gasteiger partial charge is 0.169 e. The third kappa shape index (κ3) is 3.11. The van der Waals surface area contributed by atoms with Gasteiger partial charge in [-0.3, -0.25) is 4.79 Å². The van der Waals surface area contributed by atoms with E-state index in [1.807, 2.05) is 19.9 Å². The second kappa shape index (κ2) is 6.07. The van der Waals surface area contributed by atoms with E-state index >= 15 is 0 Å². The number of hydrogen-bond donors (Lipinski definition) is 0. The lowest BCUT2D eigenvalue weighted by Gasteiger charge is -2.30. The van der Waals surface area contributed by atoms with E-state index in [0.717, 1.165) is 42.7 Å². The van der Waals surface area contributed by atoms with Crippen LogP contribution in [-0.4, -0.2) is 5.78 Å². The molecular formula is C18H25FO. The third-order valence-electron chi connectivity index (χ3n) is 4.76. The zero-order chi connectivity index (χ0) is 14.9. The van der Waals surface area contributed by atoms with Crippen molar-refractivity contribution in [2.75, 3.05) is 0 Å². The average Bonchev–Trinajstić information content (AvgIpc) is 2.37. The number of carbonyl (C=O) groups excluding carboxylic acids is 1. The van der Waals surface area contributed by atoms with Gasteiger partial charge in [-0.2, -0.15) is 0 Å². The molecule has 1 aliphatic carbocycles. The van der Waals surface area contributed by atoms with Gasteiger partial charge in [0.05, 0.1) is 5.56 Å². The summed E-state index contributed by atoms with van der Waals surface area (Å²) < 4.78 is 14.1. The van der Waals surface area contributed by atoms with Crippen molar-refractivity contribution in [3.8, 4) is 0 Å². The number of ketones is 1. The Hall–Kier alpha value is -1.18. The molecule has 110 valence electrons. The molecule has 2 rings (SSSR count). The number of aryl methyl sites for hydroxylation is 2. The molecule has 0 amide bonds. The van der Waals surface area contributed by atoms with E-state index in [1.54, 1.807) is 0 Å². The highest BCUT2D eigenvalue weighted by Gasteiger charge is 2.30. The highest BCUT2D eigenvalue weighted by Crippen LogP contribution is 2.35. The normalized spacial score (nSPS) is 23.1. The standard InChI is InChI=1S/C18H25FO/c1-11(2)14-5-7-15(8-6-14)18(20)17-13(4)9-12(3)10-16(17)19/h9-11,14-15H,5-8H2,1-4H3. The Morgan fingerprint density at radius 3 is 2.25 bits per heavy atom. The number of hydrogen-bond acceptors (Lipinski definition) is 1. The van der Waals surface area contributed by atoms with Crippen LogP contribution in [0.3, 0.4) is 0 Å². The van der Waals surface area contributed by atoms with Crippen LogP contribution in [0.1, 0.15) is 61.0 Å². The molecule has 0 saturated heterocycles. The maximum Gasteiger partial charge on any atom is 0.169 e.